The molecule has 2 rings (SSSR count). The standard InChI is InChI=1S/C13H14Br2N2OS/c1-8-17-7-11(19-8)6-16-5-9-3-10(14)4-12(15)13(9)18-2/h3-4,7,16H,5-6H2,1-2H3. The van der Waals surface area contributed by atoms with Crippen molar-refractivity contribution in [2.45, 2.75) is 20.0 Å². The highest BCUT2D eigenvalue weighted by Crippen LogP contribution is 2.32. The molecule has 6 heteroatoms. The summed E-state index contributed by atoms with van der Waals surface area (Å²) in [5.74, 6) is 0.871. The van der Waals surface area contributed by atoms with E-state index in [0.717, 1.165) is 38.4 Å². The quantitative estimate of drug-likeness (QED) is 0.806. The molecule has 1 heterocycles. The van der Waals surface area contributed by atoms with Crippen molar-refractivity contribution in [2.24, 2.45) is 0 Å². The molecule has 0 spiro atoms. The van der Waals surface area contributed by atoms with Crippen LogP contribution in [0.3, 0.4) is 0 Å². The Morgan fingerprint density at radius 2 is 2.11 bits per heavy atom. The van der Waals surface area contributed by atoms with E-state index in [4.69, 9.17) is 4.74 Å². The lowest BCUT2D eigenvalue weighted by molar-refractivity contribution is 0.405. The molecule has 0 saturated heterocycles. The van der Waals surface area contributed by atoms with E-state index in [2.05, 4.69) is 48.2 Å². The van der Waals surface area contributed by atoms with Crippen LogP contribution in [-0.4, -0.2) is 12.1 Å². The zero-order valence-corrected chi connectivity index (χ0v) is 14.7. The highest BCUT2D eigenvalue weighted by Gasteiger charge is 2.09. The maximum absolute atomic E-state index is 5.42. The Balaban J connectivity index is 2.02. The SMILES string of the molecule is COc1c(Br)cc(Br)cc1CNCc1cnc(C)s1. The Morgan fingerprint density at radius 3 is 2.74 bits per heavy atom. The van der Waals surface area contributed by atoms with Gasteiger partial charge in [0.15, 0.2) is 0 Å². The van der Waals surface area contributed by atoms with Gasteiger partial charge in [-0.1, -0.05) is 15.9 Å². The van der Waals surface area contributed by atoms with Crippen LogP contribution in [-0.2, 0) is 13.1 Å². The minimum absolute atomic E-state index is 0.748. The van der Waals surface area contributed by atoms with Crippen LogP contribution in [0.1, 0.15) is 15.4 Å². The normalized spacial score (nSPS) is 10.7. The van der Waals surface area contributed by atoms with Crippen LogP contribution in [0.25, 0.3) is 0 Å². The Morgan fingerprint density at radius 1 is 1.32 bits per heavy atom. The summed E-state index contributed by atoms with van der Waals surface area (Å²) in [6.07, 6.45) is 1.92. The Bertz CT molecular complexity index is 572. The summed E-state index contributed by atoms with van der Waals surface area (Å²) < 4.78 is 7.41. The van der Waals surface area contributed by atoms with E-state index < -0.39 is 0 Å². The van der Waals surface area contributed by atoms with Crippen LogP contribution in [0.15, 0.2) is 27.3 Å². The van der Waals surface area contributed by atoms with Crippen LogP contribution in [0.2, 0.25) is 0 Å². The largest absolute Gasteiger partial charge is 0.495 e. The number of hydrogen-bond donors (Lipinski definition) is 1. The Hall–Kier alpha value is -0.430. The van der Waals surface area contributed by atoms with Gasteiger partial charge in [-0.2, -0.15) is 0 Å². The molecule has 0 atom stereocenters. The Kier molecular flexibility index (Phi) is 5.38. The van der Waals surface area contributed by atoms with E-state index in [-0.39, 0.29) is 0 Å². The van der Waals surface area contributed by atoms with Gasteiger partial charge in [0.2, 0.25) is 0 Å². The van der Waals surface area contributed by atoms with Gasteiger partial charge in [0.05, 0.1) is 16.6 Å². The molecular formula is C13H14Br2N2OS. The number of aryl methyl sites for hydroxylation is 1. The molecule has 102 valence electrons. The summed E-state index contributed by atoms with van der Waals surface area (Å²) in [5.41, 5.74) is 1.12. The fraction of sp³-hybridized carbons (Fsp3) is 0.308. The lowest BCUT2D eigenvalue weighted by Crippen LogP contribution is -2.12. The molecular weight excluding hydrogens is 392 g/mol. The first kappa shape index (κ1) is 15.0. The molecule has 0 fully saturated rings. The lowest BCUT2D eigenvalue weighted by Gasteiger charge is -2.11. The monoisotopic (exact) mass is 404 g/mol. The van der Waals surface area contributed by atoms with Gasteiger partial charge in [0.25, 0.3) is 0 Å². The molecule has 0 amide bonds. The fourth-order valence-electron chi connectivity index (χ4n) is 1.78. The predicted molar refractivity (Wildman–Crippen MR) is 85.8 cm³/mol. The fourth-order valence-corrected chi connectivity index (χ4v) is 4.02. The summed E-state index contributed by atoms with van der Waals surface area (Å²) in [5, 5.41) is 4.51. The second-order valence-corrected chi connectivity index (χ2v) is 7.12. The maximum atomic E-state index is 5.42. The van der Waals surface area contributed by atoms with E-state index in [9.17, 15) is 0 Å². The third-order valence-electron chi connectivity index (χ3n) is 2.57. The molecule has 0 aliphatic rings. The van der Waals surface area contributed by atoms with Gasteiger partial charge in [-0.3, -0.25) is 0 Å². The summed E-state index contributed by atoms with van der Waals surface area (Å²) in [4.78, 5) is 5.48. The van der Waals surface area contributed by atoms with Crippen LogP contribution in [0.5, 0.6) is 5.75 Å². The number of aromatic nitrogens is 1. The number of rotatable bonds is 5. The highest BCUT2D eigenvalue weighted by atomic mass is 79.9. The summed E-state index contributed by atoms with van der Waals surface area (Å²) in [6.45, 7) is 3.58. The van der Waals surface area contributed by atoms with E-state index in [1.54, 1.807) is 18.4 Å². The topological polar surface area (TPSA) is 34.1 Å². The number of nitrogens with one attached hydrogen (secondary N) is 1. The molecule has 0 radical (unpaired) electrons. The molecule has 0 saturated carbocycles. The summed E-state index contributed by atoms with van der Waals surface area (Å²) in [6, 6.07) is 4.05. The van der Waals surface area contributed by atoms with Crippen LogP contribution in [0, 0.1) is 6.92 Å². The Labute approximate surface area is 133 Å². The zero-order valence-electron chi connectivity index (χ0n) is 10.7. The van der Waals surface area contributed by atoms with Crippen molar-refractivity contribution in [3.63, 3.8) is 0 Å². The average molecular weight is 406 g/mol. The predicted octanol–water partition coefficient (Wildman–Crippen LogP) is 4.27. The van der Waals surface area contributed by atoms with Crippen molar-refractivity contribution in [2.75, 3.05) is 7.11 Å². The molecule has 0 unspecified atom stereocenters. The molecule has 3 nitrogen and oxygen atoms in total. The third kappa shape index (κ3) is 4.02. The van der Waals surface area contributed by atoms with Crippen molar-refractivity contribution < 1.29 is 4.74 Å². The molecule has 0 aliphatic heterocycles. The van der Waals surface area contributed by atoms with Gasteiger partial charge in [-0.15, -0.1) is 11.3 Å². The first-order chi connectivity index (χ1) is 9.10. The number of hydrogen-bond acceptors (Lipinski definition) is 4. The minimum Gasteiger partial charge on any atom is -0.495 e. The van der Waals surface area contributed by atoms with Gasteiger partial charge < -0.3 is 10.1 Å². The van der Waals surface area contributed by atoms with Gasteiger partial charge >= 0.3 is 0 Å². The molecule has 1 aromatic heterocycles. The number of benzene rings is 1. The van der Waals surface area contributed by atoms with E-state index in [1.807, 2.05) is 19.2 Å². The number of methoxy groups -OCH3 is 1. The average Bonchev–Trinajstić information content (AvgIpc) is 2.74. The van der Waals surface area contributed by atoms with Crippen LogP contribution < -0.4 is 10.1 Å². The highest BCUT2D eigenvalue weighted by molar-refractivity contribution is 9.11. The van der Waals surface area contributed by atoms with Crippen molar-refractivity contribution in [1.29, 1.82) is 0 Å². The van der Waals surface area contributed by atoms with Crippen molar-refractivity contribution in [3.8, 4) is 5.75 Å². The zero-order chi connectivity index (χ0) is 13.8. The second-order valence-electron chi connectivity index (χ2n) is 4.03. The maximum Gasteiger partial charge on any atom is 0.137 e. The van der Waals surface area contributed by atoms with Gasteiger partial charge in [0.1, 0.15) is 5.75 Å². The summed E-state index contributed by atoms with van der Waals surface area (Å²) >= 11 is 8.72. The number of ether oxygens (including phenoxy) is 1. The van der Waals surface area contributed by atoms with E-state index in [1.165, 1.54) is 4.88 Å². The van der Waals surface area contributed by atoms with Gasteiger partial charge in [-0.05, 0) is 35.0 Å². The molecule has 19 heavy (non-hydrogen) atoms. The minimum atomic E-state index is 0.748. The van der Waals surface area contributed by atoms with E-state index in [0.29, 0.717) is 0 Å². The van der Waals surface area contributed by atoms with Crippen LogP contribution >= 0.6 is 43.2 Å². The summed E-state index contributed by atoms with van der Waals surface area (Å²) in [7, 11) is 1.68. The van der Waals surface area contributed by atoms with Crippen LogP contribution in [0.4, 0.5) is 0 Å². The smallest absolute Gasteiger partial charge is 0.137 e. The number of halogens is 2. The third-order valence-corrected chi connectivity index (χ3v) is 4.53. The molecule has 1 N–H and O–H groups in total. The molecule has 1 aromatic carbocycles. The number of nitrogens with zero attached hydrogens (tertiary/aromatic N) is 1. The molecule has 0 aliphatic carbocycles. The van der Waals surface area contributed by atoms with Crippen molar-refractivity contribution >= 4 is 43.2 Å². The van der Waals surface area contributed by atoms with Crippen molar-refractivity contribution in [1.82, 2.24) is 10.3 Å². The second kappa shape index (κ2) is 6.83. The van der Waals surface area contributed by atoms with Gasteiger partial charge in [0, 0.05) is 34.2 Å². The number of thiazole rings is 1. The first-order valence-corrected chi connectivity index (χ1v) is 8.14. The molecule has 0 bridgehead atoms. The van der Waals surface area contributed by atoms with Gasteiger partial charge in [-0.25, -0.2) is 4.98 Å². The first-order valence-electron chi connectivity index (χ1n) is 5.74. The van der Waals surface area contributed by atoms with Crippen molar-refractivity contribution in [3.05, 3.63) is 42.7 Å². The van der Waals surface area contributed by atoms with E-state index >= 15 is 0 Å². The lowest BCUT2D eigenvalue weighted by atomic mass is 10.2. The molecule has 2 aromatic rings.